The summed E-state index contributed by atoms with van der Waals surface area (Å²) in [5.74, 6) is -1.15. The third-order valence-electron chi connectivity index (χ3n) is 5.29. The van der Waals surface area contributed by atoms with E-state index in [0.717, 1.165) is 0 Å². The number of nitrogens with one attached hydrogen (secondary N) is 1. The zero-order valence-corrected chi connectivity index (χ0v) is 18.8. The topological polar surface area (TPSA) is 116 Å². The van der Waals surface area contributed by atoms with Gasteiger partial charge in [0.1, 0.15) is 11.1 Å². The molecule has 0 atom stereocenters. The molecule has 8 nitrogen and oxygen atoms in total. The van der Waals surface area contributed by atoms with Gasteiger partial charge in [-0.3, -0.25) is 14.6 Å². The van der Waals surface area contributed by atoms with Crippen LogP contribution in [0.2, 0.25) is 5.02 Å². The molecule has 0 aliphatic rings. The molecule has 0 bridgehead atoms. The Hall–Kier alpha value is -3.91. The number of nitrogen functional groups attached to an aromatic ring is 1. The highest BCUT2D eigenvalue weighted by Crippen LogP contribution is 2.27. The van der Waals surface area contributed by atoms with Gasteiger partial charge < -0.3 is 20.4 Å². The predicted molar refractivity (Wildman–Crippen MR) is 129 cm³/mol. The summed E-state index contributed by atoms with van der Waals surface area (Å²) in [7, 11) is 0. The van der Waals surface area contributed by atoms with E-state index >= 15 is 0 Å². The molecular weight excluding hydrogens is 444 g/mol. The van der Waals surface area contributed by atoms with Crippen molar-refractivity contribution in [1.29, 1.82) is 0 Å². The van der Waals surface area contributed by atoms with E-state index in [4.69, 9.17) is 22.1 Å². The molecule has 9 heteroatoms. The summed E-state index contributed by atoms with van der Waals surface area (Å²) >= 11 is 6.07. The molecule has 0 spiro atoms. The van der Waals surface area contributed by atoms with Crippen LogP contribution in [0.15, 0.2) is 53.6 Å². The lowest BCUT2D eigenvalue weighted by Gasteiger charge is -2.13. The number of fused-ring (bicyclic) bond motifs is 2. The number of hydrogen-bond acceptors (Lipinski definition) is 6. The Balaban J connectivity index is 1.74. The minimum absolute atomic E-state index is 0.0157. The number of nitrogens with zero attached hydrogens (tertiary/aromatic N) is 2. The van der Waals surface area contributed by atoms with Crippen molar-refractivity contribution >= 4 is 56.7 Å². The maximum absolute atomic E-state index is 13.0. The molecule has 2 aromatic heterocycles. The van der Waals surface area contributed by atoms with E-state index in [1.165, 1.54) is 12.4 Å². The Morgan fingerprint density at radius 3 is 2.64 bits per heavy atom. The van der Waals surface area contributed by atoms with Gasteiger partial charge in [-0.2, -0.15) is 0 Å². The summed E-state index contributed by atoms with van der Waals surface area (Å²) in [6.07, 6.45) is 2.89. The second-order valence-electron chi connectivity index (χ2n) is 7.31. The number of ether oxygens (including phenoxy) is 1. The van der Waals surface area contributed by atoms with Crippen molar-refractivity contribution < 1.29 is 14.3 Å². The average Bonchev–Trinajstić information content (AvgIpc) is 2.80. The number of aromatic nitrogens is 2. The van der Waals surface area contributed by atoms with Crippen LogP contribution in [0.4, 0.5) is 11.4 Å². The van der Waals surface area contributed by atoms with Crippen LogP contribution in [-0.4, -0.2) is 28.0 Å². The molecule has 0 unspecified atom stereocenters. The number of anilines is 2. The highest BCUT2D eigenvalue weighted by atomic mass is 35.5. The average molecular weight is 465 g/mol. The Bertz CT molecular complexity index is 1480. The van der Waals surface area contributed by atoms with E-state index in [1.807, 2.05) is 11.5 Å². The molecule has 0 aliphatic carbocycles. The van der Waals surface area contributed by atoms with Crippen molar-refractivity contribution in [2.24, 2.45) is 0 Å². The minimum Gasteiger partial charge on any atom is -0.462 e. The third-order valence-corrected chi connectivity index (χ3v) is 5.53. The van der Waals surface area contributed by atoms with E-state index < -0.39 is 17.3 Å². The fourth-order valence-electron chi connectivity index (χ4n) is 3.65. The predicted octanol–water partition coefficient (Wildman–Crippen LogP) is 4.23. The number of pyridine rings is 2. The SMILES string of the molecule is CCOC(=O)c1cnc2ccc(NC(=O)c3cn(CC)c4ccc(Cl)cc4c3=O)cc2c1N. The number of aryl methyl sites for hydroxylation is 1. The summed E-state index contributed by atoms with van der Waals surface area (Å²) in [5, 5.41) is 3.99. The molecular formula is C24H21ClN4O4. The number of esters is 1. The van der Waals surface area contributed by atoms with Gasteiger partial charge in [0.25, 0.3) is 5.91 Å². The number of benzene rings is 2. The van der Waals surface area contributed by atoms with Crippen LogP contribution in [-0.2, 0) is 11.3 Å². The molecule has 0 saturated heterocycles. The fraction of sp³-hybridized carbons (Fsp3) is 0.167. The highest BCUT2D eigenvalue weighted by Gasteiger charge is 2.18. The smallest absolute Gasteiger partial charge is 0.341 e. The molecule has 168 valence electrons. The van der Waals surface area contributed by atoms with E-state index in [0.29, 0.717) is 39.1 Å². The fourth-order valence-corrected chi connectivity index (χ4v) is 3.83. The Labute approximate surface area is 193 Å². The van der Waals surface area contributed by atoms with Crippen molar-refractivity contribution in [3.05, 3.63) is 75.2 Å². The van der Waals surface area contributed by atoms with Crippen LogP contribution in [0.25, 0.3) is 21.8 Å². The van der Waals surface area contributed by atoms with Crippen LogP contribution in [0.3, 0.4) is 0 Å². The summed E-state index contributed by atoms with van der Waals surface area (Å²) in [6, 6.07) is 9.93. The van der Waals surface area contributed by atoms with Gasteiger partial charge in [0.05, 0.1) is 23.3 Å². The molecule has 0 radical (unpaired) electrons. The number of nitrogens with two attached hydrogens (primary N) is 1. The van der Waals surface area contributed by atoms with Gasteiger partial charge >= 0.3 is 5.97 Å². The van der Waals surface area contributed by atoms with Crippen LogP contribution in [0, 0.1) is 0 Å². The van der Waals surface area contributed by atoms with Crippen LogP contribution in [0.1, 0.15) is 34.6 Å². The minimum atomic E-state index is -0.575. The number of carbonyl (C=O) groups is 2. The first-order chi connectivity index (χ1) is 15.8. The molecule has 0 aliphatic heterocycles. The lowest BCUT2D eigenvalue weighted by Crippen LogP contribution is -2.24. The normalized spacial score (nSPS) is 11.0. The van der Waals surface area contributed by atoms with E-state index in [-0.39, 0.29) is 23.4 Å². The Morgan fingerprint density at radius 2 is 1.91 bits per heavy atom. The maximum atomic E-state index is 13.0. The first-order valence-electron chi connectivity index (χ1n) is 10.3. The van der Waals surface area contributed by atoms with Crippen molar-refractivity contribution in [3.63, 3.8) is 0 Å². The van der Waals surface area contributed by atoms with Gasteiger partial charge in [-0.15, -0.1) is 0 Å². The first kappa shape index (κ1) is 22.3. The van der Waals surface area contributed by atoms with Crippen molar-refractivity contribution in [2.75, 3.05) is 17.7 Å². The second-order valence-corrected chi connectivity index (χ2v) is 7.75. The number of amides is 1. The number of hydrogen-bond donors (Lipinski definition) is 2. The molecule has 2 aromatic carbocycles. The monoisotopic (exact) mass is 464 g/mol. The summed E-state index contributed by atoms with van der Waals surface area (Å²) in [4.78, 5) is 42.4. The Kier molecular flexibility index (Phi) is 6.02. The molecule has 33 heavy (non-hydrogen) atoms. The zero-order valence-electron chi connectivity index (χ0n) is 18.0. The molecule has 4 rings (SSSR count). The van der Waals surface area contributed by atoms with Crippen molar-refractivity contribution in [1.82, 2.24) is 9.55 Å². The molecule has 0 saturated carbocycles. The lowest BCUT2D eigenvalue weighted by molar-refractivity contribution is 0.0527. The molecule has 4 aromatic rings. The maximum Gasteiger partial charge on any atom is 0.341 e. The van der Waals surface area contributed by atoms with Gasteiger partial charge in [-0.1, -0.05) is 11.6 Å². The Morgan fingerprint density at radius 1 is 1.12 bits per heavy atom. The molecule has 3 N–H and O–H groups in total. The second kappa shape index (κ2) is 8.91. The largest absolute Gasteiger partial charge is 0.462 e. The standard InChI is InChI=1S/C24H21ClN4O4/c1-3-29-12-18(22(30)16-9-13(25)5-8-20(16)29)23(31)28-14-6-7-19-15(10-14)21(26)17(11-27-19)24(32)33-4-2/h5-12H,3-4H2,1-2H3,(H2,26,27)(H,28,31). The van der Waals surface area contributed by atoms with Crippen LogP contribution in [0.5, 0.6) is 0 Å². The van der Waals surface area contributed by atoms with Gasteiger partial charge in [0.2, 0.25) is 5.43 Å². The molecule has 2 heterocycles. The number of carbonyl (C=O) groups excluding carboxylic acids is 2. The zero-order chi connectivity index (χ0) is 23.7. The third kappa shape index (κ3) is 4.12. The number of halogens is 1. The molecule has 1 amide bonds. The van der Waals surface area contributed by atoms with E-state index in [1.54, 1.807) is 43.3 Å². The van der Waals surface area contributed by atoms with Gasteiger partial charge in [-0.05, 0) is 50.2 Å². The van der Waals surface area contributed by atoms with Gasteiger partial charge in [0.15, 0.2) is 0 Å². The summed E-state index contributed by atoms with van der Waals surface area (Å²) in [6.45, 7) is 4.38. The van der Waals surface area contributed by atoms with E-state index in [2.05, 4.69) is 10.3 Å². The van der Waals surface area contributed by atoms with Gasteiger partial charge in [0, 0.05) is 40.4 Å². The lowest BCUT2D eigenvalue weighted by atomic mass is 10.1. The first-order valence-corrected chi connectivity index (χ1v) is 10.7. The van der Waals surface area contributed by atoms with Crippen molar-refractivity contribution in [2.45, 2.75) is 20.4 Å². The summed E-state index contributed by atoms with van der Waals surface area (Å²) in [5.41, 5.74) is 7.73. The van der Waals surface area contributed by atoms with Crippen molar-refractivity contribution in [3.8, 4) is 0 Å². The quantitative estimate of drug-likeness (QED) is 0.427. The number of rotatable bonds is 5. The van der Waals surface area contributed by atoms with E-state index in [9.17, 15) is 14.4 Å². The summed E-state index contributed by atoms with van der Waals surface area (Å²) < 4.78 is 6.83. The van der Waals surface area contributed by atoms with Crippen LogP contribution < -0.4 is 16.5 Å². The highest BCUT2D eigenvalue weighted by molar-refractivity contribution is 6.31. The molecule has 0 fully saturated rings. The van der Waals surface area contributed by atoms with Crippen LogP contribution >= 0.6 is 11.6 Å². The van der Waals surface area contributed by atoms with Gasteiger partial charge in [-0.25, -0.2) is 4.79 Å².